The van der Waals surface area contributed by atoms with Crippen LogP contribution in [0.4, 0.5) is 0 Å². The highest BCUT2D eigenvalue weighted by Gasteiger charge is 2.23. The van der Waals surface area contributed by atoms with Gasteiger partial charge in [0.2, 0.25) is 0 Å². The van der Waals surface area contributed by atoms with Gasteiger partial charge in [0.25, 0.3) is 0 Å². The fraction of sp³-hybridized carbons (Fsp3) is 0.160. The summed E-state index contributed by atoms with van der Waals surface area (Å²) in [5, 5.41) is 7.56. The lowest BCUT2D eigenvalue weighted by atomic mass is 9.79. The van der Waals surface area contributed by atoms with Crippen molar-refractivity contribution in [1.29, 1.82) is 0 Å². The SMILES string of the molecule is CC(C)(C)c1cc(-c2cc3[nH]c2cc2nc(cc4ccc(cc5nc(c3-c3ccc6ccc7cccc8ccc3c6c78)C=C5)[nH]4)C=C2)cc(C(C)(C)C)c1. The summed E-state index contributed by atoms with van der Waals surface area (Å²) >= 11 is 0. The molecular weight excluding hydrogens is 657 g/mol. The molecule has 8 aromatic rings. The molecule has 0 amide bonds. The van der Waals surface area contributed by atoms with Crippen LogP contribution in [-0.2, 0) is 10.8 Å². The highest BCUT2D eigenvalue weighted by Crippen LogP contribution is 2.43. The molecule has 5 aromatic carbocycles. The molecule has 0 saturated carbocycles. The zero-order chi connectivity index (χ0) is 36.9. The molecule has 2 aliphatic heterocycles. The Kier molecular flexibility index (Phi) is 6.97. The fourth-order valence-electron chi connectivity index (χ4n) is 8.20. The van der Waals surface area contributed by atoms with E-state index in [4.69, 9.17) is 9.97 Å². The van der Waals surface area contributed by atoms with E-state index in [1.807, 2.05) is 0 Å². The van der Waals surface area contributed by atoms with Gasteiger partial charge in [-0.25, -0.2) is 9.97 Å². The molecule has 2 aliphatic rings. The van der Waals surface area contributed by atoms with E-state index < -0.39 is 0 Å². The molecule has 5 heterocycles. The number of aromatic nitrogens is 4. The third kappa shape index (κ3) is 5.44. The first-order valence-corrected chi connectivity index (χ1v) is 18.9. The summed E-state index contributed by atoms with van der Waals surface area (Å²) in [6.07, 6.45) is 8.48. The summed E-state index contributed by atoms with van der Waals surface area (Å²) in [5.41, 5.74) is 14.8. The number of rotatable bonds is 2. The molecular formula is C50H42N4. The molecule has 0 aliphatic carbocycles. The molecule has 4 nitrogen and oxygen atoms in total. The Morgan fingerprint density at radius 2 is 1.06 bits per heavy atom. The molecule has 0 radical (unpaired) electrons. The van der Waals surface area contributed by atoms with Crippen molar-refractivity contribution in [2.24, 2.45) is 0 Å². The molecule has 4 heteroatoms. The Balaban J connectivity index is 1.36. The molecule has 54 heavy (non-hydrogen) atoms. The molecule has 0 spiro atoms. The first-order valence-electron chi connectivity index (χ1n) is 18.9. The van der Waals surface area contributed by atoms with E-state index in [0.717, 1.165) is 61.5 Å². The average molecular weight is 699 g/mol. The van der Waals surface area contributed by atoms with Crippen LogP contribution in [0.3, 0.4) is 0 Å². The quantitative estimate of drug-likeness (QED) is 0.177. The van der Waals surface area contributed by atoms with Crippen LogP contribution in [0.15, 0.2) is 109 Å². The second-order valence-electron chi connectivity index (χ2n) is 17.0. The highest BCUT2D eigenvalue weighted by atomic mass is 14.8. The number of aromatic amines is 2. The van der Waals surface area contributed by atoms with Crippen LogP contribution in [0.2, 0.25) is 0 Å². The molecule has 0 saturated heterocycles. The van der Waals surface area contributed by atoms with Crippen LogP contribution in [0, 0.1) is 0 Å². The second-order valence-corrected chi connectivity index (χ2v) is 17.0. The third-order valence-corrected chi connectivity index (χ3v) is 11.1. The van der Waals surface area contributed by atoms with Crippen LogP contribution in [0.1, 0.15) is 75.4 Å². The van der Waals surface area contributed by atoms with E-state index in [2.05, 4.69) is 185 Å². The van der Waals surface area contributed by atoms with E-state index >= 15 is 0 Å². The standard InChI is InChI=1S/C50H42N4/c1-49(2,3)33-22-32(23-34(24-33)50(4,5)6)42-28-45-48(41-20-13-31-11-10-29-8-7-9-30-12-19-40(41)47(31)46(29)30)43-21-18-38(53-43)26-37-15-14-35(51-37)25-36-16-17-39(52-36)27-44(42)54-45/h7-28,51,54H,1-6H3. The Labute approximate surface area is 315 Å². The van der Waals surface area contributed by atoms with Crippen LogP contribution in [-0.4, -0.2) is 19.9 Å². The van der Waals surface area contributed by atoms with Crippen molar-refractivity contribution < 1.29 is 0 Å². The Bertz CT molecular complexity index is 3010. The molecule has 2 N–H and O–H groups in total. The number of nitrogens with one attached hydrogen (secondary N) is 2. The summed E-state index contributed by atoms with van der Waals surface area (Å²) < 4.78 is 0. The summed E-state index contributed by atoms with van der Waals surface area (Å²) in [6.45, 7) is 13.8. The number of hydrogen-bond acceptors (Lipinski definition) is 2. The predicted molar refractivity (Wildman–Crippen MR) is 231 cm³/mol. The van der Waals surface area contributed by atoms with E-state index in [0.29, 0.717) is 0 Å². The van der Waals surface area contributed by atoms with Gasteiger partial charge >= 0.3 is 0 Å². The van der Waals surface area contributed by atoms with Gasteiger partial charge < -0.3 is 9.97 Å². The van der Waals surface area contributed by atoms with Crippen molar-refractivity contribution in [2.45, 2.75) is 52.4 Å². The first kappa shape index (κ1) is 32.4. The summed E-state index contributed by atoms with van der Waals surface area (Å²) in [6, 6.07) is 40.3. The minimum Gasteiger partial charge on any atom is -0.355 e. The maximum Gasteiger partial charge on any atom is 0.0737 e. The van der Waals surface area contributed by atoms with Gasteiger partial charge in [-0.05, 0) is 126 Å². The normalized spacial score (nSPS) is 13.2. The van der Waals surface area contributed by atoms with Gasteiger partial charge in [0.05, 0.1) is 22.8 Å². The van der Waals surface area contributed by atoms with E-state index in [1.165, 1.54) is 49.0 Å². The van der Waals surface area contributed by atoms with Gasteiger partial charge in [0, 0.05) is 33.2 Å². The Hall–Kier alpha value is -6.26. The number of hydrogen-bond donors (Lipinski definition) is 2. The topological polar surface area (TPSA) is 57.4 Å². The Morgan fingerprint density at radius 1 is 0.463 bits per heavy atom. The van der Waals surface area contributed by atoms with Crippen LogP contribution >= 0.6 is 0 Å². The minimum atomic E-state index is -0.0219. The largest absolute Gasteiger partial charge is 0.355 e. The Morgan fingerprint density at radius 3 is 1.74 bits per heavy atom. The maximum atomic E-state index is 5.32. The van der Waals surface area contributed by atoms with Gasteiger partial charge in [-0.15, -0.1) is 0 Å². The summed E-state index contributed by atoms with van der Waals surface area (Å²) in [5.74, 6) is 0. The van der Waals surface area contributed by atoms with Crippen LogP contribution in [0.25, 0.3) is 101 Å². The first-order chi connectivity index (χ1) is 25.9. The highest BCUT2D eigenvalue weighted by molar-refractivity contribution is 6.26. The molecule has 262 valence electrons. The van der Waals surface area contributed by atoms with Gasteiger partial charge in [-0.3, -0.25) is 0 Å². The lowest BCUT2D eigenvalue weighted by Crippen LogP contribution is -2.16. The smallest absolute Gasteiger partial charge is 0.0737 e. The minimum absolute atomic E-state index is 0.0219. The van der Waals surface area contributed by atoms with Crippen molar-refractivity contribution in [3.63, 3.8) is 0 Å². The predicted octanol–water partition coefficient (Wildman–Crippen LogP) is 13.5. The van der Waals surface area contributed by atoms with Gasteiger partial charge in [-0.2, -0.15) is 0 Å². The molecule has 0 unspecified atom stereocenters. The summed E-state index contributed by atoms with van der Waals surface area (Å²) in [4.78, 5) is 17.9. The second kappa shape index (κ2) is 11.6. The van der Waals surface area contributed by atoms with E-state index in [9.17, 15) is 0 Å². The van der Waals surface area contributed by atoms with Gasteiger partial charge in [-0.1, -0.05) is 114 Å². The average Bonchev–Trinajstić information content (AvgIpc) is 3.96. The number of benzene rings is 5. The lowest BCUT2D eigenvalue weighted by Gasteiger charge is -2.26. The van der Waals surface area contributed by atoms with Gasteiger partial charge in [0.15, 0.2) is 0 Å². The number of nitrogens with zero attached hydrogens (tertiary/aromatic N) is 2. The van der Waals surface area contributed by atoms with Crippen LogP contribution in [0.5, 0.6) is 0 Å². The zero-order valence-electron chi connectivity index (χ0n) is 31.6. The van der Waals surface area contributed by atoms with Crippen molar-refractivity contribution in [1.82, 2.24) is 19.9 Å². The fourth-order valence-corrected chi connectivity index (χ4v) is 8.20. The van der Waals surface area contributed by atoms with Crippen molar-refractivity contribution in [3.8, 4) is 22.3 Å². The van der Waals surface area contributed by atoms with Crippen molar-refractivity contribution in [2.75, 3.05) is 0 Å². The van der Waals surface area contributed by atoms with E-state index in [1.54, 1.807) is 0 Å². The zero-order valence-corrected chi connectivity index (χ0v) is 31.6. The van der Waals surface area contributed by atoms with Crippen molar-refractivity contribution >= 4 is 78.7 Å². The lowest BCUT2D eigenvalue weighted by molar-refractivity contribution is 0.569. The summed E-state index contributed by atoms with van der Waals surface area (Å²) in [7, 11) is 0. The van der Waals surface area contributed by atoms with E-state index in [-0.39, 0.29) is 10.8 Å². The number of fused-ring (bicyclic) bond motifs is 8. The van der Waals surface area contributed by atoms with Gasteiger partial charge in [0.1, 0.15) is 0 Å². The monoisotopic (exact) mass is 698 g/mol. The van der Waals surface area contributed by atoms with Crippen molar-refractivity contribution in [3.05, 3.63) is 143 Å². The molecule has 10 rings (SSSR count). The molecule has 8 bridgehead atoms. The number of H-pyrrole nitrogens is 2. The molecule has 3 aromatic heterocycles. The van der Waals surface area contributed by atoms with Crippen LogP contribution < -0.4 is 0 Å². The third-order valence-electron chi connectivity index (χ3n) is 11.1. The maximum absolute atomic E-state index is 5.32. The molecule has 0 fully saturated rings. The molecule has 0 atom stereocenters.